The van der Waals surface area contributed by atoms with Gasteiger partial charge in [-0.25, -0.2) is 17.9 Å². The maximum atomic E-state index is 12.8. The van der Waals surface area contributed by atoms with Crippen molar-refractivity contribution in [1.29, 1.82) is 0 Å². The Morgan fingerprint density at radius 2 is 1.56 bits per heavy atom. The molecule has 25 heavy (non-hydrogen) atoms. The molecule has 0 aliphatic rings. The number of hydrogen-bond donors (Lipinski definition) is 3. The van der Waals surface area contributed by atoms with Gasteiger partial charge in [-0.2, -0.15) is 0 Å². The standard InChI is InChI=1S/C16H16FN3O4S/c17-12-3-1-11(2-4-12)9-10-19-15(21)16(22)20-13-5-7-14(8-6-13)25(18,23)24/h1-8H,9-10H2,(H,19,21)(H,20,22)(H2,18,23,24). The van der Waals surface area contributed by atoms with E-state index in [1.807, 2.05) is 0 Å². The van der Waals surface area contributed by atoms with Gasteiger partial charge in [0, 0.05) is 12.2 Å². The number of primary sulfonamides is 1. The number of carbonyl (C=O) groups excluding carboxylic acids is 2. The summed E-state index contributed by atoms with van der Waals surface area (Å²) >= 11 is 0. The van der Waals surface area contributed by atoms with Crippen molar-refractivity contribution in [3.63, 3.8) is 0 Å². The van der Waals surface area contributed by atoms with E-state index in [4.69, 9.17) is 5.14 Å². The lowest BCUT2D eigenvalue weighted by Crippen LogP contribution is -2.36. The summed E-state index contributed by atoms with van der Waals surface area (Å²) in [5.41, 5.74) is 1.08. The first-order valence-electron chi connectivity index (χ1n) is 7.22. The number of hydrogen-bond acceptors (Lipinski definition) is 4. The van der Waals surface area contributed by atoms with Crippen LogP contribution < -0.4 is 15.8 Å². The molecule has 0 fully saturated rings. The van der Waals surface area contributed by atoms with E-state index in [2.05, 4.69) is 10.6 Å². The maximum Gasteiger partial charge on any atom is 0.313 e. The summed E-state index contributed by atoms with van der Waals surface area (Å²) in [6.45, 7) is 0.211. The molecule has 2 rings (SSSR count). The van der Waals surface area contributed by atoms with Gasteiger partial charge in [-0.1, -0.05) is 12.1 Å². The van der Waals surface area contributed by atoms with Gasteiger partial charge in [0.05, 0.1) is 4.90 Å². The van der Waals surface area contributed by atoms with Crippen molar-refractivity contribution in [2.24, 2.45) is 5.14 Å². The molecule has 0 saturated heterocycles. The molecule has 0 aliphatic carbocycles. The van der Waals surface area contributed by atoms with Crippen LogP contribution in [0.15, 0.2) is 53.4 Å². The molecule has 0 spiro atoms. The fourth-order valence-electron chi connectivity index (χ4n) is 1.97. The lowest BCUT2D eigenvalue weighted by Gasteiger charge is -2.07. The fraction of sp³-hybridized carbons (Fsp3) is 0.125. The van der Waals surface area contributed by atoms with E-state index in [9.17, 15) is 22.4 Å². The number of benzene rings is 2. The van der Waals surface area contributed by atoms with Crippen LogP contribution in [-0.2, 0) is 26.0 Å². The summed E-state index contributed by atoms with van der Waals surface area (Å²) in [6.07, 6.45) is 0.447. The molecule has 0 aromatic heterocycles. The fourth-order valence-corrected chi connectivity index (χ4v) is 2.48. The zero-order valence-corrected chi connectivity index (χ0v) is 13.8. The number of anilines is 1. The van der Waals surface area contributed by atoms with Gasteiger partial charge in [0.2, 0.25) is 10.0 Å². The molecule has 132 valence electrons. The molecule has 2 aromatic carbocycles. The second-order valence-electron chi connectivity index (χ2n) is 5.16. The van der Waals surface area contributed by atoms with Crippen LogP contribution in [0.3, 0.4) is 0 Å². The van der Waals surface area contributed by atoms with Gasteiger partial charge in [-0.05, 0) is 48.4 Å². The Hall–Kier alpha value is -2.78. The number of sulfonamides is 1. The van der Waals surface area contributed by atoms with E-state index in [-0.39, 0.29) is 22.9 Å². The second kappa shape index (κ2) is 7.86. The Morgan fingerprint density at radius 3 is 2.12 bits per heavy atom. The summed E-state index contributed by atoms with van der Waals surface area (Å²) < 4.78 is 35.0. The molecule has 4 N–H and O–H groups in total. The van der Waals surface area contributed by atoms with Crippen molar-refractivity contribution < 1.29 is 22.4 Å². The van der Waals surface area contributed by atoms with Crippen molar-refractivity contribution in [3.05, 3.63) is 59.9 Å². The Labute approximate surface area is 144 Å². The van der Waals surface area contributed by atoms with E-state index in [1.54, 1.807) is 12.1 Å². The Balaban J connectivity index is 1.83. The van der Waals surface area contributed by atoms with Crippen LogP contribution in [0, 0.1) is 5.82 Å². The topological polar surface area (TPSA) is 118 Å². The van der Waals surface area contributed by atoms with Crippen LogP contribution in [-0.4, -0.2) is 26.8 Å². The molecule has 0 saturated carbocycles. The first-order chi connectivity index (χ1) is 11.8. The molecule has 0 aliphatic heterocycles. The van der Waals surface area contributed by atoms with Crippen molar-refractivity contribution in [2.45, 2.75) is 11.3 Å². The first kappa shape index (κ1) is 18.6. The minimum atomic E-state index is -3.82. The average molecular weight is 365 g/mol. The largest absolute Gasteiger partial charge is 0.347 e. The zero-order chi connectivity index (χ0) is 18.4. The van der Waals surface area contributed by atoms with Crippen molar-refractivity contribution in [2.75, 3.05) is 11.9 Å². The lowest BCUT2D eigenvalue weighted by atomic mass is 10.1. The monoisotopic (exact) mass is 365 g/mol. The third-order valence-electron chi connectivity index (χ3n) is 3.26. The third kappa shape index (κ3) is 5.66. The quantitative estimate of drug-likeness (QED) is 0.678. The lowest BCUT2D eigenvalue weighted by molar-refractivity contribution is -0.136. The summed E-state index contributed by atoms with van der Waals surface area (Å²) in [6, 6.07) is 10.9. The number of halogens is 1. The van der Waals surface area contributed by atoms with Crippen LogP contribution in [0.4, 0.5) is 10.1 Å². The number of carbonyl (C=O) groups is 2. The Bertz CT molecular complexity index is 865. The molecule has 0 bridgehead atoms. The zero-order valence-electron chi connectivity index (χ0n) is 13.0. The molecule has 0 radical (unpaired) electrons. The molecule has 2 aromatic rings. The van der Waals surface area contributed by atoms with Gasteiger partial charge in [0.1, 0.15) is 5.82 Å². The van der Waals surface area contributed by atoms with Crippen molar-refractivity contribution >= 4 is 27.5 Å². The van der Waals surface area contributed by atoms with Gasteiger partial charge in [-0.3, -0.25) is 9.59 Å². The van der Waals surface area contributed by atoms with Crippen LogP contribution in [0.25, 0.3) is 0 Å². The van der Waals surface area contributed by atoms with Crippen molar-refractivity contribution in [1.82, 2.24) is 5.32 Å². The smallest absolute Gasteiger partial charge is 0.313 e. The highest BCUT2D eigenvalue weighted by atomic mass is 32.2. The molecule has 0 atom stereocenters. The highest BCUT2D eigenvalue weighted by Crippen LogP contribution is 2.12. The molecule has 0 heterocycles. The highest BCUT2D eigenvalue weighted by molar-refractivity contribution is 7.89. The molecular formula is C16H16FN3O4S. The number of nitrogens with two attached hydrogens (primary N) is 1. The van der Waals surface area contributed by atoms with Gasteiger partial charge in [0.15, 0.2) is 0 Å². The summed E-state index contributed by atoms with van der Waals surface area (Å²) in [4.78, 5) is 23.4. The van der Waals surface area contributed by atoms with E-state index in [1.165, 1.54) is 36.4 Å². The van der Waals surface area contributed by atoms with Crippen LogP contribution in [0.2, 0.25) is 0 Å². The molecule has 9 heteroatoms. The van der Waals surface area contributed by atoms with E-state index < -0.39 is 21.8 Å². The molecular weight excluding hydrogens is 349 g/mol. The Kier molecular flexibility index (Phi) is 5.84. The second-order valence-corrected chi connectivity index (χ2v) is 6.72. The SMILES string of the molecule is NS(=O)(=O)c1ccc(NC(=O)C(=O)NCCc2ccc(F)cc2)cc1. The van der Waals surface area contributed by atoms with Gasteiger partial charge in [0.25, 0.3) is 0 Å². The minimum Gasteiger partial charge on any atom is -0.347 e. The van der Waals surface area contributed by atoms with Crippen LogP contribution in [0.1, 0.15) is 5.56 Å². The summed E-state index contributed by atoms with van der Waals surface area (Å²) in [7, 11) is -3.82. The predicted molar refractivity (Wildman–Crippen MR) is 89.6 cm³/mol. The molecule has 7 nitrogen and oxygen atoms in total. The van der Waals surface area contributed by atoms with Gasteiger partial charge in [-0.15, -0.1) is 0 Å². The average Bonchev–Trinajstić information content (AvgIpc) is 2.56. The van der Waals surface area contributed by atoms with Crippen LogP contribution in [0.5, 0.6) is 0 Å². The number of amides is 2. The first-order valence-corrected chi connectivity index (χ1v) is 8.77. The Morgan fingerprint density at radius 1 is 0.960 bits per heavy atom. The van der Waals surface area contributed by atoms with E-state index in [0.29, 0.717) is 6.42 Å². The summed E-state index contributed by atoms with van der Waals surface area (Å²) in [5, 5.41) is 9.75. The molecule has 2 amide bonds. The number of nitrogens with one attached hydrogen (secondary N) is 2. The third-order valence-corrected chi connectivity index (χ3v) is 4.19. The molecule has 0 unspecified atom stereocenters. The van der Waals surface area contributed by atoms with E-state index >= 15 is 0 Å². The van der Waals surface area contributed by atoms with E-state index in [0.717, 1.165) is 5.56 Å². The highest BCUT2D eigenvalue weighted by Gasteiger charge is 2.14. The normalized spacial score (nSPS) is 11.0. The summed E-state index contributed by atoms with van der Waals surface area (Å²) in [5.74, 6) is -2.07. The number of rotatable bonds is 5. The minimum absolute atomic E-state index is 0.103. The van der Waals surface area contributed by atoms with Crippen molar-refractivity contribution in [3.8, 4) is 0 Å². The maximum absolute atomic E-state index is 12.8. The van der Waals surface area contributed by atoms with Gasteiger partial charge < -0.3 is 10.6 Å². The van der Waals surface area contributed by atoms with Crippen LogP contribution >= 0.6 is 0 Å². The van der Waals surface area contributed by atoms with Gasteiger partial charge >= 0.3 is 11.8 Å². The predicted octanol–water partition coefficient (Wildman–Crippen LogP) is 0.770.